The Bertz CT molecular complexity index is 468. The maximum Gasteiger partial charge on any atom is 0.245 e. The number of aromatic nitrogens is 3. The second kappa shape index (κ2) is 4.61. The summed E-state index contributed by atoms with van der Waals surface area (Å²) in [5, 5.41) is 9.77. The van der Waals surface area contributed by atoms with E-state index in [0.29, 0.717) is 18.3 Å². The monoisotopic (exact) mass is 219 g/mol. The van der Waals surface area contributed by atoms with Gasteiger partial charge in [0.2, 0.25) is 5.89 Å². The van der Waals surface area contributed by atoms with E-state index in [1.807, 2.05) is 25.2 Å². The minimum absolute atomic E-state index is 0.473. The summed E-state index contributed by atoms with van der Waals surface area (Å²) in [6.45, 7) is 2.26. The van der Waals surface area contributed by atoms with Crippen molar-refractivity contribution in [2.24, 2.45) is 0 Å². The molecule has 0 aliphatic heterocycles. The third kappa shape index (κ3) is 2.47. The van der Waals surface area contributed by atoms with Crippen molar-refractivity contribution in [1.29, 1.82) is 0 Å². The van der Waals surface area contributed by atoms with E-state index < -0.39 is 0 Å². The Morgan fingerprint density at radius 1 is 1.25 bits per heavy atom. The van der Waals surface area contributed by atoms with E-state index in [2.05, 4.69) is 25.8 Å². The van der Waals surface area contributed by atoms with Gasteiger partial charge >= 0.3 is 0 Å². The van der Waals surface area contributed by atoms with Crippen LogP contribution in [0.3, 0.4) is 0 Å². The van der Waals surface area contributed by atoms with E-state index in [1.165, 1.54) is 0 Å². The Hall–Kier alpha value is -2.11. The summed E-state index contributed by atoms with van der Waals surface area (Å²) < 4.78 is 4.98. The van der Waals surface area contributed by atoms with Gasteiger partial charge < -0.3 is 15.2 Å². The maximum absolute atomic E-state index is 4.98. The van der Waals surface area contributed by atoms with Gasteiger partial charge in [-0.25, -0.2) is 4.98 Å². The zero-order valence-corrected chi connectivity index (χ0v) is 9.19. The van der Waals surface area contributed by atoms with Crippen LogP contribution in [0.4, 0.5) is 11.6 Å². The molecule has 0 aliphatic rings. The normalized spacial score (nSPS) is 10.1. The predicted molar refractivity (Wildman–Crippen MR) is 60.1 cm³/mol. The number of pyridine rings is 1. The summed E-state index contributed by atoms with van der Waals surface area (Å²) in [6.07, 6.45) is 0. The lowest BCUT2D eigenvalue weighted by atomic mass is 10.4. The summed E-state index contributed by atoms with van der Waals surface area (Å²) in [5.41, 5.74) is 0. The van der Waals surface area contributed by atoms with E-state index in [4.69, 9.17) is 4.52 Å². The van der Waals surface area contributed by atoms with Gasteiger partial charge in [-0.2, -0.15) is 4.98 Å². The molecule has 2 aromatic rings. The zero-order valence-electron chi connectivity index (χ0n) is 9.19. The molecule has 2 N–H and O–H groups in total. The first-order valence-corrected chi connectivity index (χ1v) is 4.96. The molecule has 2 rings (SSSR count). The molecule has 6 heteroatoms. The van der Waals surface area contributed by atoms with Gasteiger partial charge in [0, 0.05) is 7.05 Å². The smallest absolute Gasteiger partial charge is 0.245 e. The van der Waals surface area contributed by atoms with E-state index in [0.717, 1.165) is 11.6 Å². The molecule has 0 radical (unpaired) electrons. The van der Waals surface area contributed by atoms with Crippen molar-refractivity contribution < 1.29 is 4.52 Å². The molecular weight excluding hydrogens is 206 g/mol. The van der Waals surface area contributed by atoms with Crippen LogP contribution in [0.5, 0.6) is 0 Å². The van der Waals surface area contributed by atoms with E-state index in [-0.39, 0.29) is 0 Å². The van der Waals surface area contributed by atoms with Gasteiger partial charge in [0.05, 0.1) is 6.54 Å². The number of rotatable bonds is 4. The van der Waals surface area contributed by atoms with Crippen molar-refractivity contribution >= 4 is 11.6 Å². The topological polar surface area (TPSA) is 75.9 Å². The van der Waals surface area contributed by atoms with Gasteiger partial charge in [-0.3, -0.25) is 0 Å². The summed E-state index contributed by atoms with van der Waals surface area (Å²) in [4.78, 5) is 8.39. The molecule has 16 heavy (non-hydrogen) atoms. The van der Waals surface area contributed by atoms with Crippen LogP contribution in [0.15, 0.2) is 22.7 Å². The highest BCUT2D eigenvalue weighted by molar-refractivity contribution is 5.44. The minimum atomic E-state index is 0.473. The van der Waals surface area contributed by atoms with Crippen LogP contribution < -0.4 is 10.6 Å². The number of nitrogens with one attached hydrogen (secondary N) is 2. The number of aryl methyl sites for hydroxylation is 1. The van der Waals surface area contributed by atoms with Crippen molar-refractivity contribution in [3.63, 3.8) is 0 Å². The molecule has 0 aliphatic carbocycles. The average molecular weight is 219 g/mol. The van der Waals surface area contributed by atoms with Gasteiger partial charge in [0.25, 0.3) is 0 Å². The Kier molecular flexibility index (Phi) is 3.00. The van der Waals surface area contributed by atoms with Gasteiger partial charge in [0.1, 0.15) is 11.6 Å². The quantitative estimate of drug-likeness (QED) is 0.810. The number of hydrogen-bond donors (Lipinski definition) is 2. The van der Waals surface area contributed by atoms with E-state index in [1.54, 1.807) is 6.92 Å². The van der Waals surface area contributed by atoms with Crippen molar-refractivity contribution in [1.82, 2.24) is 15.1 Å². The van der Waals surface area contributed by atoms with Crippen molar-refractivity contribution in [3.8, 4) is 0 Å². The molecule has 0 saturated heterocycles. The van der Waals surface area contributed by atoms with Crippen LogP contribution >= 0.6 is 0 Å². The van der Waals surface area contributed by atoms with Crippen LogP contribution in [0.1, 0.15) is 11.7 Å². The van der Waals surface area contributed by atoms with Gasteiger partial charge in [-0.1, -0.05) is 11.2 Å². The standard InChI is InChI=1S/C10H13N5O/c1-7-13-10(16-15-7)6-12-9-5-3-4-8(11-2)14-9/h3-5H,6H2,1-2H3,(H2,11,12,14). The molecule has 2 heterocycles. The lowest BCUT2D eigenvalue weighted by molar-refractivity contribution is 0.379. The summed E-state index contributed by atoms with van der Waals surface area (Å²) in [7, 11) is 1.83. The predicted octanol–water partition coefficient (Wildman–Crippen LogP) is 1.43. The Morgan fingerprint density at radius 3 is 2.75 bits per heavy atom. The van der Waals surface area contributed by atoms with Gasteiger partial charge in [-0.15, -0.1) is 0 Å². The Morgan fingerprint density at radius 2 is 2.06 bits per heavy atom. The molecule has 84 valence electrons. The van der Waals surface area contributed by atoms with Crippen molar-refractivity contribution in [3.05, 3.63) is 29.9 Å². The summed E-state index contributed by atoms with van der Waals surface area (Å²) >= 11 is 0. The Balaban J connectivity index is 1.99. The molecule has 0 bridgehead atoms. The second-order valence-electron chi connectivity index (χ2n) is 3.25. The molecule has 0 saturated carbocycles. The van der Waals surface area contributed by atoms with E-state index >= 15 is 0 Å². The molecule has 0 aromatic carbocycles. The summed E-state index contributed by atoms with van der Waals surface area (Å²) in [6, 6.07) is 5.69. The Labute approximate surface area is 93.1 Å². The molecule has 0 fully saturated rings. The van der Waals surface area contributed by atoms with Gasteiger partial charge in [0.15, 0.2) is 5.82 Å². The molecule has 2 aromatic heterocycles. The van der Waals surface area contributed by atoms with Crippen LogP contribution in [0, 0.1) is 6.92 Å². The molecule has 0 unspecified atom stereocenters. The first-order chi connectivity index (χ1) is 7.78. The third-order valence-corrected chi connectivity index (χ3v) is 2.00. The number of anilines is 2. The highest BCUT2D eigenvalue weighted by atomic mass is 16.5. The lowest BCUT2D eigenvalue weighted by Crippen LogP contribution is -2.03. The molecule has 6 nitrogen and oxygen atoms in total. The van der Waals surface area contributed by atoms with E-state index in [9.17, 15) is 0 Å². The molecule has 0 amide bonds. The maximum atomic E-state index is 4.98. The van der Waals surface area contributed by atoms with Gasteiger partial charge in [-0.05, 0) is 19.1 Å². The SMILES string of the molecule is CNc1cccc(NCc2nc(C)no2)n1. The van der Waals surface area contributed by atoms with Crippen LogP contribution in [0.2, 0.25) is 0 Å². The second-order valence-corrected chi connectivity index (χ2v) is 3.25. The largest absolute Gasteiger partial charge is 0.373 e. The zero-order chi connectivity index (χ0) is 11.4. The molecular formula is C10H13N5O. The molecule has 0 atom stereocenters. The third-order valence-electron chi connectivity index (χ3n) is 2.00. The highest BCUT2D eigenvalue weighted by Crippen LogP contribution is 2.09. The average Bonchev–Trinajstić information content (AvgIpc) is 2.73. The number of hydrogen-bond acceptors (Lipinski definition) is 6. The van der Waals surface area contributed by atoms with Crippen LogP contribution in [0.25, 0.3) is 0 Å². The summed E-state index contributed by atoms with van der Waals surface area (Å²) in [5.74, 6) is 2.76. The minimum Gasteiger partial charge on any atom is -0.373 e. The number of nitrogens with zero attached hydrogens (tertiary/aromatic N) is 3. The van der Waals surface area contributed by atoms with Crippen LogP contribution in [-0.2, 0) is 6.54 Å². The molecule has 0 spiro atoms. The van der Waals surface area contributed by atoms with Crippen LogP contribution in [-0.4, -0.2) is 22.2 Å². The lowest BCUT2D eigenvalue weighted by Gasteiger charge is -2.04. The first kappa shape index (κ1) is 10.4. The highest BCUT2D eigenvalue weighted by Gasteiger charge is 2.02. The fourth-order valence-corrected chi connectivity index (χ4v) is 1.25. The van der Waals surface area contributed by atoms with Crippen molar-refractivity contribution in [2.75, 3.05) is 17.7 Å². The fourth-order valence-electron chi connectivity index (χ4n) is 1.25. The first-order valence-electron chi connectivity index (χ1n) is 4.96. The fraction of sp³-hybridized carbons (Fsp3) is 0.300. The van der Waals surface area contributed by atoms with Crippen molar-refractivity contribution in [2.45, 2.75) is 13.5 Å².